The molecule has 2 aromatic rings. The summed E-state index contributed by atoms with van der Waals surface area (Å²) in [6.07, 6.45) is 0.403. The number of esters is 2. The quantitative estimate of drug-likeness (QED) is 0.615. The van der Waals surface area contributed by atoms with Gasteiger partial charge in [-0.25, -0.2) is 14.0 Å². The fraction of sp³-hybridized carbons (Fsp3) is 0.222. The highest BCUT2D eigenvalue weighted by atomic mass is 19.1. The van der Waals surface area contributed by atoms with E-state index >= 15 is 0 Å². The first-order chi connectivity index (χ1) is 11.5. The van der Waals surface area contributed by atoms with Crippen molar-refractivity contribution in [1.82, 2.24) is 0 Å². The number of nitrogens with two attached hydrogens (primary N) is 2. The minimum atomic E-state index is -1.02. The van der Waals surface area contributed by atoms with E-state index in [-0.39, 0.29) is 18.7 Å². The molecular weight excluding hydrogens is 311 g/mol. The summed E-state index contributed by atoms with van der Waals surface area (Å²) in [5.74, 6) is -2.05. The third-order valence-electron chi connectivity index (χ3n) is 3.47. The molecule has 4 N–H and O–H groups in total. The molecule has 5 nitrogen and oxygen atoms in total. The standard InChI is InChI=1S/C18H19FN2O3/c19-14-8-6-13(7-9-14)11-16(21)18(23)24-17(22)15(20)10-12-4-2-1-3-5-12/h1-9,15-16H,10-11,20-21H2/t15-,16-/m0/s1. The van der Waals surface area contributed by atoms with Gasteiger partial charge < -0.3 is 16.2 Å². The molecule has 126 valence electrons. The molecule has 0 unspecified atom stereocenters. The molecule has 0 spiro atoms. The second-order valence-corrected chi connectivity index (χ2v) is 5.47. The molecule has 0 radical (unpaired) electrons. The van der Waals surface area contributed by atoms with E-state index in [0.717, 1.165) is 5.56 Å². The lowest BCUT2D eigenvalue weighted by Crippen LogP contribution is -2.41. The van der Waals surface area contributed by atoms with Crippen LogP contribution in [0, 0.1) is 5.82 Å². The Bertz CT molecular complexity index is 689. The van der Waals surface area contributed by atoms with Crippen molar-refractivity contribution in [3.8, 4) is 0 Å². The SMILES string of the molecule is N[C@@H](Cc1ccccc1)C(=O)OC(=O)[C@@H](N)Cc1ccc(F)cc1. The molecule has 0 saturated heterocycles. The van der Waals surface area contributed by atoms with Crippen LogP contribution in [0.2, 0.25) is 0 Å². The minimum absolute atomic E-state index is 0.139. The lowest BCUT2D eigenvalue weighted by Gasteiger charge is -2.14. The minimum Gasteiger partial charge on any atom is -0.391 e. The van der Waals surface area contributed by atoms with Gasteiger partial charge >= 0.3 is 11.9 Å². The number of carbonyl (C=O) groups is 2. The number of rotatable bonds is 6. The summed E-state index contributed by atoms with van der Waals surface area (Å²) in [5.41, 5.74) is 13.0. The molecule has 0 aromatic heterocycles. The molecule has 2 atom stereocenters. The summed E-state index contributed by atoms with van der Waals surface area (Å²) in [7, 11) is 0. The molecule has 0 heterocycles. The second-order valence-electron chi connectivity index (χ2n) is 5.47. The molecular formula is C18H19FN2O3. The van der Waals surface area contributed by atoms with Crippen molar-refractivity contribution in [2.45, 2.75) is 24.9 Å². The van der Waals surface area contributed by atoms with Gasteiger partial charge in [-0.15, -0.1) is 0 Å². The van der Waals surface area contributed by atoms with E-state index in [1.165, 1.54) is 24.3 Å². The van der Waals surface area contributed by atoms with Crippen LogP contribution in [0.3, 0.4) is 0 Å². The van der Waals surface area contributed by atoms with Crippen molar-refractivity contribution in [1.29, 1.82) is 0 Å². The van der Waals surface area contributed by atoms with E-state index in [0.29, 0.717) is 5.56 Å². The number of benzene rings is 2. The van der Waals surface area contributed by atoms with Crippen molar-refractivity contribution in [3.63, 3.8) is 0 Å². The Morgan fingerprint density at radius 3 is 1.79 bits per heavy atom. The maximum atomic E-state index is 12.8. The van der Waals surface area contributed by atoms with Crippen LogP contribution in [0.5, 0.6) is 0 Å². The first-order valence-electron chi connectivity index (χ1n) is 7.51. The van der Waals surface area contributed by atoms with E-state index in [9.17, 15) is 14.0 Å². The molecule has 0 aliphatic heterocycles. The predicted molar refractivity (Wildman–Crippen MR) is 87.3 cm³/mol. The van der Waals surface area contributed by atoms with Gasteiger partial charge in [0.05, 0.1) is 0 Å². The van der Waals surface area contributed by atoms with Crippen LogP contribution in [0.25, 0.3) is 0 Å². The van der Waals surface area contributed by atoms with Crippen molar-refractivity contribution in [3.05, 3.63) is 71.5 Å². The third-order valence-corrected chi connectivity index (χ3v) is 3.47. The zero-order valence-electron chi connectivity index (χ0n) is 13.0. The van der Waals surface area contributed by atoms with Crippen LogP contribution >= 0.6 is 0 Å². The van der Waals surface area contributed by atoms with Crippen molar-refractivity contribution in [2.24, 2.45) is 11.5 Å². The molecule has 6 heteroatoms. The summed E-state index contributed by atoms with van der Waals surface area (Å²) < 4.78 is 17.6. The van der Waals surface area contributed by atoms with E-state index in [4.69, 9.17) is 16.2 Å². The smallest absolute Gasteiger partial charge is 0.330 e. The monoisotopic (exact) mass is 330 g/mol. The topological polar surface area (TPSA) is 95.4 Å². The molecule has 0 aliphatic carbocycles. The fourth-order valence-electron chi connectivity index (χ4n) is 2.16. The van der Waals surface area contributed by atoms with E-state index in [1.54, 1.807) is 0 Å². The largest absolute Gasteiger partial charge is 0.391 e. The fourth-order valence-corrected chi connectivity index (χ4v) is 2.16. The van der Waals surface area contributed by atoms with E-state index in [1.807, 2.05) is 30.3 Å². The first kappa shape index (κ1) is 17.8. The highest BCUT2D eigenvalue weighted by Gasteiger charge is 2.23. The average molecular weight is 330 g/mol. The molecule has 0 bridgehead atoms. The number of carbonyl (C=O) groups excluding carboxylic acids is 2. The Kier molecular flexibility index (Phi) is 6.17. The Labute approximate surface area is 139 Å². The van der Waals surface area contributed by atoms with E-state index < -0.39 is 24.0 Å². The first-order valence-corrected chi connectivity index (χ1v) is 7.51. The van der Waals surface area contributed by atoms with Gasteiger partial charge in [0.2, 0.25) is 0 Å². The van der Waals surface area contributed by atoms with Gasteiger partial charge in [0.1, 0.15) is 17.9 Å². The Balaban J connectivity index is 1.85. The maximum absolute atomic E-state index is 12.8. The molecule has 24 heavy (non-hydrogen) atoms. The highest BCUT2D eigenvalue weighted by Crippen LogP contribution is 2.07. The van der Waals surface area contributed by atoms with Crippen LogP contribution in [-0.4, -0.2) is 24.0 Å². The van der Waals surface area contributed by atoms with Crippen LogP contribution in [-0.2, 0) is 27.2 Å². The zero-order valence-corrected chi connectivity index (χ0v) is 13.0. The van der Waals surface area contributed by atoms with Gasteiger partial charge in [0, 0.05) is 0 Å². The Morgan fingerprint density at radius 1 is 0.833 bits per heavy atom. The third kappa shape index (κ3) is 5.26. The summed E-state index contributed by atoms with van der Waals surface area (Å²) in [6.45, 7) is 0. The second kappa shape index (κ2) is 8.33. The Morgan fingerprint density at radius 2 is 1.29 bits per heavy atom. The summed E-state index contributed by atoms with van der Waals surface area (Å²) in [4.78, 5) is 23.8. The van der Waals surface area contributed by atoms with Crippen LogP contribution in [0.15, 0.2) is 54.6 Å². The van der Waals surface area contributed by atoms with E-state index in [2.05, 4.69) is 0 Å². The summed E-state index contributed by atoms with van der Waals surface area (Å²) >= 11 is 0. The molecule has 2 aromatic carbocycles. The van der Waals surface area contributed by atoms with Crippen LogP contribution < -0.4 is 11.5 Å². The average Bonchev–Trinajstić information content (AvgIpc) is 2.57. The Hall–Kier alpha value is -2.57. The number of hydrogen-bond acceptors (Lipinski definition) is 5. The highest BCUT2D eigenvalue weighted by molar-refractivity contribution is 5.90. The summed E-state index contributed by atoms with van der Waals surface area (Å²) in [5, 5.41) is 0. The van der Waals surface area contributed by atoms with Gasteiger partial charge in [-0.05, 0) is 36.1 Å². The maximum Gasteiger partial charge on any atom is 0.330 e. The van der Waals surface area contributed by atoms with Crippen molar-refractivity contribution < 1.29 is 18.7 Å². The molecule has 0 saturated carbocycles. The summed E-state index contributed by atoms with van der Waals surface area (Å²) in [6, 6.07) is 12.8. The predicted octanol–water partition coefficient (Wildman–Crippen LogP) is 1.34. The van der Waals surface area contributed by atoms with Crippen LogP contribution in [0.1, 0.15) is 11.1 Å². The number of halogens is 1. The lowest BCUT2D eigenvalue weighted by molar-refractivity contribution is -0.161. The van der Waals surface area contributed by atoms with Gasteiger partial charge in [-0.3, -0.25) is 0 Å². The zero-order chi connectivity index (χ0) is 17.5. The molecule has 0 fully saturated rings. The lowest BCUT2D eigenvalue weighted by atomic mass is 10.1. The van der Waals surface area contributed by atoms with Gasteiger partial charge in [-0.1, -0.05) is 42.5 Å². The number of ether oxygens (including phenoxy) is 1. The van der Waals surface area contributed by atoms with Gasteiger partial charge in [-0.2, -0.15) is 0 Å². The number of hydrogen-bond donors (Lipinski definition) is 2. The van der Waals surface area contributed by atoms with Crippen molar-refractivity contribution >= 4 is 11.9 Å². The molecule has 0 amide bonds. The van der Waals surface area contributed by atoms with Gasteiger partial charge in [0.15, 0.2) is 0 Å². The molecule has 0 aliphatic rings. The van der Waals surface area contributed by atoms with Gasteiger partial charge in [0.25, 0.3) is 0 Å². The van der Waals surface area contributed by atoms with Crippen LogP contribution in [0.4, 0.5) is 4.39 Å². The van der Waals surface area contributed by atoms with Crippen molar-refractivity contribution in [2.75, 3.05) is 0 Å². The molecule has 2 rings (SSSR count). The normalized spacial score (nSPS) is 13.1.